The summed E-state index contributed by atoms with van der Waals surface area (Å²) in [5, 5.41) is 5.36. The number of nitrogens with zero attached hydrogens (tertiary/aromatic N) is 3. The molecule has 25 heavy (non-hydrogen) atoms. The first-order chi connectivity index (χ1) is 11.8. The second-order valence-electron chi connectivity index (χ2n) is 6.27. The molecule has 3 rings (SSSR count). The van der Waals surface area contributed by atoms with Crippen molar-refractivity contribution in [1.82, 2.24) is 20.2 Å². The molecule has 0 spiro atoms. The van der Waals surface area contributed by atoms with Crippen LogP contribution in [0.4, 0.5) is 13.2 Å². The van der Waals surface area contributed by atoms with Crippen molar-refractivity contribution in [2.45, 2.75) is 31.9 Å². The standard InChI is InChI=1S/C17H19F3N4O/c1-23(2)22-16(25)11-7-9-12(10-8-11)24-14-6-4-3-5-13(14)15(21-24)17(18,19)20/h7-10H,3-6H2,1-2H3,(H,22,25). The number of rotatable bonds is 3. The monoisotopic (exact) mass is 352 g/mol. The number of benzene rings is 1. The largest absolute Gasteiger partial charge is 0.435 e. The summed E-state index contributed by atoms with van der Waals surface area (Å²) >= 11 is 0. The molecule has 0 saturated heterocycles. The first kappa shape index (κ1) is 17.5. The normalized spacial score (nSPS) is 14.5. The third-order valence-electron chi connectivity index (χ3n) is 4.15. The minimum atomic E-state index is -4.46. The number of nitrogens with one attached hydrogen (secondary N) is 1. The van der Waals surface area contributed by atoms with Gasteiger partial charge in [-0.1, -0.05) is 0 Å². The Morgan fingerprint density at radius 3 is 2.40 bits per heavy atom. The molecule has 1 amide bonds. The van der Waals surface area contributed by atoms with Gasteiger partial charge in [0.25, 0.3) is 5.91 Å². The Morgan fingerprint density at radius 2 is 1.80 bits per heavy atom. The van der Waals surface area contributed by atoms with Gasteiger partial charge in [0, 0.05) is 30.9 Å². The van der Waals surface area contributed by atoms with Crippen LogP contribution in [0.3, 0.4) is 0 Å². The van der Waals surface area contributed by atoms with E-state index in [1.54, 1.807) is 38.4 Å². The van der Waals surface area contributed by atoms with E-state index in [0.717, 1.165) is 12.8 Å². The molecule has 1 aliphatic carbocycles. The number of carbonyl (C=O) groups is 1. The lowest BCUT2D eigenvalue weighted by Gasteiger charge is -2.15. The zero-order chi connectivity index (χ0) is 18.2. The average molecular weight is 352 g/mol. The van der Waals surface area contributed by atoms with E-state index >= 15 is 0 Å². The quantitative estimate of drug-likeness (QED) is 0.864. The molecule has 2 aromatic rings. The van der Waals surface area contributed by atoms with Crippen LogP contribution in [0.1, 0.15) is 40.2 Å². The van der Waals surface area contributed by atoms with Crippen LogP contribution in [-0.2, 0) is 19.0 Å². The van der Waals surface area contributed by atoms with Gasteiger partial charge in [0.2, 0.25) is 0 Å². The third kappa shape index (κ3) is 3.53. The van der Waals surface area contributed by atoms with Gasteiger partial charge >= 0.3 is 6.18 Å². The Kier molecular flexibility index (Phi) is 4.55. The zero-order valence-corrected chi connectivity index (χ0v) is 14.0. The number of hydrogen-bond donors (Lipinski definition) is 1. The highest BCUT2D eigenvalue weighted by atomic mass is 19.4. The van der Waals surface area contributed by atoms with Crippen molar-refractivity contribution < 1.29 is 18.0 Å². The zero-order valence-electron chi connectivity index (χ0n) is 14.0. The van der Waals surface area contributed by atoms with E-state index in [4.69, 9.17) is 0 Å². The lowest BCUT2D eigenvalue weighted by atomic mass is 9.95. The lowest BCUT2D eigenvalue weighted by molar-refractivity contribution is -0.142. The highest BCUT2D eigenvalue weighted by Gasteiger charge is 2.39. The van der Waals surface area contributed by atoms with Crippen LogP contribution in [0.25, 0.3) is 5.69 Å². The van der Waals surface area contributed by atoms with Crippen molar-refractivity contribution in [3.63, 3.8) is 0 Å². The molecule has 1 aromatic carbocycles. The number of aromatic nitrogens is 2. The minimum Gasteiger partial charge on any atom is -0.285 e. The molecule has 0 saturated carbocycles. The maximum Gasteiger partial charge on any atom is 0.435 e. The number of hydrogen-bond acceptors (Lipinski definition) is 3. The number of amides is 1. The van der Waals surface area contributed by atoms with E-state index in [2.05, 4.69) is 10.5 Å². The molecule has 1 aliphatic rings. The van der Waals surface area contributed by atoms with Crippen LogP contribution in [0, 0.1) is 0 Å². The maximum atomic E-state index is 13.3. The fourth-order valence-electron chi connectivity index (χ4n) is 3.06. The highest BCUT2D eigenvalue weighted by molar-refractivity contribution is 5.93. The van der Waals surface area contributed by atoms with Crippen LogP contribution in [0.2, 0.25) is 0 Å². The van der Waals surface area contributed by atoms with Crippen molar-refractivity contribution in [2.24, 2.45) is 0 Å². The van der Waals surface area contributed by atoms with E-state index in [1.807, 2.05) is 0 Å². The summed E-state index contributed by atoms with van der Waals surface area (Å²) in [6.07, 6.45) is -1.91. The predicted molar refractivity (Wildman–Crippen MR) is 86.4 cm³/mol. The first-order valence-electron chi connectivity index (χ1n) is 8.04. The van der Waals surface area contributed by atoms with Gasteiger partial charge in [-0.15, -0.1) is 0 Å². The van der Waals surface area contributed by atoms with E-state index in [0.29, 0.717) is 35.3 Å². The lowest BCUT2D eigenvalue weighted by Crippen LogP contribution is -2.36. The number of fused-ring (bicyclic) bond motifs is 1. The molecular weight excluding hydrogens is 333 g/mol. The summed E-state index contributed by atoms with van der Waals surface area (Å²) in [7, 11) is 3.39. The molecule has 134 valence electrons. The molecule has 5 nitrogen and oxygen atoms in total. The molecule has 0 bridgehead atoms. The highest BCUT2D eigenvalue weighted by Crippen LogP contribution is 2.36. The Labute approximate surface area is 143 Å². The van der Waals surface area contributed by atoms with Crippen LogP contribution >= 0.6 is 0 Å². The van der Waals surface area contributed by atoms with Gasteiger partial charge in [0.15, 0.2) is 5.69 Å². The predicted octanol–water partition coefficient (Wildman–Crippen LogP) is 2.98. The summed E-state index contributed by atoms with van der Waals surface area (Å²) in [6, 6.07) is 6.40. The Bertz CT molecular complexity index is 778. The summed E-state index contributed by atoms with van der Waals surface area (Å²) < 4.78 is 41.2. The summed E-state index contributed by atoms with van der Waals surface area (Å²) in [4.78, 5) is 11.9. The molecule has 0 fully saturated rings. The van der Waals surface area contributed by atoms with E-state index < -0.39 is 11.9 Å². The van der Waals surface area contributed by atoms with Crippen LogP contribution < -0.4 is 5.43 Å². The van der Waals surface area contributed by atoms with Crippen molar-refractivity contribution in [3.05, 3.63) is 46.8 Å². The fourth-order valence-corrected chi connectivity index (χ4v) is 3.06. The van der Waals surface area contributed by atoms with Crippen LogP contribution in [0.5, 0.6) is 0 Å². The number of hydrazine groups is 1. The summed E-state index contributed by atoms with van der Waals surface area (Å²) in [5.41, 5.74) is 3.68. The fraction of sp³-hybridized carbons (Fsp3) is 0.412. The maximum absolute atomic E-state index is 13.3. The smallest absolute Gasteiger partial charge is 0.285 e. The van der Waals surface area contributed by atoms with Crippen molar-refractivity contribution in [3.8, 4) is 5.69 Å². The molecule has 0 aliphatic heterocycles. The third-order valence-corrected chi connectivity index (χ3v) is 4.15. The summed E-state index contributed by atoms with van der Waals surface area (Å²) in [6.45, 7) is 0. The van der Waals surface area contributed by atoms with Crippen molar-refractivity contribution in [1.29, 1.82) is 0 Å². The van der Waals surface area contributed by atoms with Crippen molar-refractivity contribution in [2.75, 3.05) is 14.1 Å². The molecule has 1 heterocycles. The SMILES string of the molecule is CN(C)NC(=O)c1ccc(-n2nc(C(F)(F)F)c3c2CCCC3)cc1. The van der Waals surface area contributed by atoms with Gasteiger partial charge in [-0.3, -0.25) is 10.2 Å². The molecule has 0 radical (unpaired) electrons. The van der Waals surface area contributed by atoms with Gasteiger partial charge in [0.1, 0.15) is 0 Å². The van der Waals surface area contributed by atoms with Gasteiger partial charge < -0.3 is 0 Å². The molecule has 0 atom stereocenters. The average Bonchev–Trinajstić information content (AvgIpc) is 2.94. The summed E-state index contributed by atoms with van der Waals surface area (Å²) in [5.74, 6) is -0.282. The van der Waals surface area contributed by atoms with Crippen LogP contribution in [0.15, 0.2) is 24.3 Å². The van der Waals surface area contributed by atoms with E-state index in [-0.39, 0.29) is 5.91 Å². The van der Waals surface area contributed by atoms with Gasteiger partial charge in [-0.25, -0.2) is 9.69 Å². The Hall–Kier alpha value is -2.35. The van der Waals surface area contributed by atoms with Gasteiger partial charge in [-0.05, 0) is 49.9 Å². The Balaban J connectivity index is 1.97. The first-order valence-corrected chi connectivity index (χ1v) is 8.04. The molecule has 1 N–H and O–H groups in total. The second-order valence-corrected chi connectivity index (χ2v) is 6.27. The van der Waals surface area contributed by atoms with Crippen molar-refractivity contribution >= 4 is 5.91 Å². The van der Waals surface area contributed by atoms with Crippen LogP contribution in [-0.4, -0.2) is 34.8 Å². The molecule has 0 unspecified atom stereocenters. The topological polar surface area (TPSA) is 50.2 Å². The number of carbonyl (C=O) groups excluding carboxylic acids is 1. The Morgan fingerprint density at radius 1 is 1.16 bits per heavy atom. The number of halogens is 3. The molecular formula is C17H19F3N4O. The second kappa shape index (κ2) is 6.51. The van der Waals surface area contributed by atoms with Gasteiger partial charge in [-0.2, -0.15) is 18.3 Å². The molecule has 8 heteroatoms. The number of alkyl halides is 3. The van der Waals surface area contributed by atoms with E-state index in [9.17, 15) is 18.0 Å². The van der Waals surface area contributed by atoms with E-state index in [1.165, 1.54) is 9.69 Å². The van der Waals surface area contributed by atoms with Gasteiger partial charge in [0.05, 0.1) is 5.69 Å². The minimum absolute atomic E-state index is 0.282. The molecule has 1 aromatic heterocycles.